The van der Waals surface area contributed by atoms with E-state index in [0.29, 0.717) is 18.0 Å². The Bertz CT molecular complexity index is 1200. The van der Waals surface area contributed by atoms with Gasteiger partial charge >= 0.3 is 0 Å². The molecular weight excluding hydrogens is 392 g/mol. The fourth-order valence-corrected chi connectivity index (χ4v) is 6.14. The van der Waals surface area contributed by atoms with Crippen molar-refractivity contribution in [3.8, 4) is 6.07 Å². The van der Waals surface area contributed by atoms with Crippen LogP contribution in [-0.4, -0.2) is 56.4 Å². The lowest BCUT2D eigenvalue weighted by Crippen LogP contribution is -2.55. The number of nitriles is 1. The first kappa shape index (κ1) is 18.5. The van der Waals surface area contributed by atoms with Crippen LogP contribution < -0.4 is 4.72 Å². The summed E-state index contributed by atoms with van der Waals surface area (Å²) in [5, 5.41) is 17.6. The number of H-pyrrole nitrogens is 1. The van der Waals surface area contributed by atoms with Gasteiger partial charge in [-0.15, -0.1) is 10.2 Å². The summed E-state index contributed by atoms with van der Waals surface area (Å²) < 4.78 is 31.5. The number of rotatable bonds is 5. The minimum Gasteiger partial charge on any atom is -0.345 e. The van der Waals surface area contributed by atoms with Gasteiger partial charge in [-0.05, 0) is 24.8 Å². The van der Waals surface area contributed by atoms with E-state index in [0.717, 1.165) is 29.8 Å². The predicted molar refractivity (Wildman–Crippen MR) is 105 cm³/mol. The lowest BCUT2D eigenvalue weighted by atomic mass is 9.93. The molecule has 152 valence electrons. The maximum atomic E-state index is 12.6. The summed E-state index contributed by atoms with van der Waals surface area (Å²) in [6, 6.07) is 3.90. The van der Waals surface area contributed by atoms with Crippen LogP contribution in [0.15, 0.2) is 18.5 Å². The van der Waals surface area contributed by atoms with Gasteiger partial charge in [0.2, 0.25) is 0 Å². The Kier molecular flexibility index (Phi) is 4.31. The van der Waals surface area contributed by atoms with Crippen molar-refractivity contribution in [2.24, 2.45) is 11.8 Å². The Hall–Kier alpha value is -2.55. The van der Waals surface area contributed by atoms with E-state index < -0.39 is 10.2 Å². The molecule has 2 fully saturated rings. The number of aromatic amines is 1. The molecule has 0 bridgehead atoms. The van der Waals surface area contributed by atoms with Crippen LogP contribution >= 0.6 is 0 Å². The average Bonchev–Trinajstić information content (AvgIpc) is 3.36. The minimum atomic E-state index is -3.57. The maximum Gasteiger partial charge on any atom is 0.279 e. The first-order chi connectivity index (χ1) is 14.0. The molecule has 4 heterocycles. The lowest BCUT2D eigenvalue weighted by molar-refractivity contribution is 0.243. The van der Waals surface area contributed by atoms with Crippen LogP contribution in [-0.2, 0) is 10.2 Å². The molecule has 1 saturated heterocycles. The Balaban J connectivity index is 1.41. The van der Waals surface area contributed by atoms with Crippen LogP contribution in [0.2, 0.25) is 0 Å². The molecule has 11 heteroatoms. The van der Waals surface area contributed by atoms with E-state index in [1.54, 1.807) is 6.20 Å². The van der Waals surface area contributed by atoms with Crippen LogP contribution in [0.25, 0.3) is 16.8 Å². The standard InChI is InChI=1S/C18H22N8O2S/c1-2-12-5-13(24-29(27,28)25-9-11(7-19)10-25)6-14(12)18-23-22-16-8-21-17-15(26(16)18)3-4-20-17/h3-4,8,11-14,20,24H,2,5-6,9-10H2,1H3/t12-,13+,14+/m1/s1. The van der Waals surface area contributed by atoms with E-state index in [4.69, 9.17) is 5.26 Å². The van der Waals surface area contributed by atoms with Crippen molar-refractivity contribution in [1.82, 2.24) is 33.6 Å². The van der Waals surface area contributed by atoms with E-state index >= 15 is 0 Å². The summed E-state index contributed by atoms with van der Waals surface area (Å²) >= 11 is 0. The Morgan fingerprint density at radius 1 is 1.34 bits per heavy atom. The molecule has 0 aromatic carbocycles. The summed E-state index contributed by atoms with van der Waals surface area (Å²) in [7, 11) is -3.57. The molecule has 0 spiro atoms. The van der Waals surface area contributed by atoms with Crippen molar-refractivity contribution in [2.45, 2.75) is 38.1 Å². The first-order valence-corrected chi connectivity index (χ1v) is 11.3. The van der Waals surface area contributed by atoms with Crippen LogP contribution in [0.5, 0.6) is 0 Å². The smallest absolute Gasteiger partial charge is 0.279 e. The second-order valence-corrected chi connectivity index (χ2v) is 9.63. The van der Waals surface area contributed by atoms with Gasteiger partial charge in [0.25, 0.3) is 10.2 Å². The average molecular weight is 414 g/mol. The number of aromatic nitrogens is 5. The van der Waals surface area contributed by atoms with Crippen LogP contribution in [0.4, 0.5) is 0 Å². The third kappa shape index (κ3) is 2.99. The zero-order valence-electron chi connectivity index (χ0n) is 16.0. The zero-order chi connectivity index (χ0) is 20.2. The van der Waals surface area contributed by atoms with Crippen LogP contribution in [0.1, 0.15) is 37.9 Å². The fraction of sp³-hybridized carbons (Fsp3) is 0.556. The van der Waals surface area contributed by atoms with Crippen molar-refractivity contribution in [2.75, 3.05) is 13.1 Å². The third-order valence-corrected chi connectivity index (χ3v) is 7.81. The van der Waals surface area contributed by atoms with Gasteiger partial charge < -0.3 is 4.98 Å². The van der Waals surface area contributed by atoms with Crippen molar-refractivity contribution in [3.05, 3.63) is 24.3 Å². The maximum absolute atomic E-state index is 12.6. The second-order valence-electron chi connectivity index (χ2n) is 7.93. The van der Waals surface area contributed by atoms with E-state index in [9.17, 15) is 8.42 Å². The Labute approximate surface area is 168 Å². The molecular formula is C18H22N8O2S. The normalized spacial score (nSPS) is 26.1. The van der Waals surface area contributed by atoms with Gasteiger partial charge in [-0.1, -0.05) is 13.3 Å². The molecule has 0 amide bonds. The molecule has 5 rings (SSSR count). The summed E-state index contributed by atoms with van der Waals surface area (Å²) in [5.74, 6) is 1.06. The molecule has 1 saturated carbocycles. The SMILES string of the molecule is CC[C@@H]1C[C@H](NS(=O)(=O)N2CC(C#N)C2)C[C@@H]1c1nnc2cnc3[nH]ccc3n12. The second kappa shape index (κ2) is 6.76. The van der Waals surface area contributed by atoms with Gasteiger partial charge in [-0.25, -0.2) is 4.98 Å². The molecule has 29 heavy (non-hydrogen) atoms. The summed E-state index contributed by atoms with van der Waals surface area (Å²) in [5.41, 5.74) is 2.38. The third-order valence-electron chi connectivity index (χ3n) is 6.20. The number of fused-ring (bicyclic) bond motifs is 3. The Morgan fingerprint density at radius 2 is 2.17 bits per heavy atom. The van der Waals surface area contributed by atoms with E-state index in [2.05, 4.69) is 37.9 Å². The largest absolute Gasteiger partial charge is 0.345 e. The van der Waals surface area contributed by atoms with Crippen molar-refractivity contribution >= 4 is 27.0 Å². The molecule has 2 N–H and O–H groups in total. The lowest BCUT2D eigenvalue weighted by Gasteiger charge is -2.34. The highest BCUT2D eigenvalue weighted by Crippen LogP contribution is 2.41. The highest BCUT2D eigenvalue weighted by Gasteiger charge is 2.42. The van der Waals surface area contributed by atoms with Gasteiger partial charge in [-0.3, -0.25) is 4.40 Å². The van der Waals surface area contributed by atoms with E-state index in [1.807, 2.05) is 16.7 Å². The molecule has 2 aliphatic rings. The van der Waals surface area contributed by atoms with Gasteiger partial charge in [0.1, 0.15) is 5.82 Å². The number of nitrogens with one attached hydrogen (secondary N) is 2. The molecule has 10 nitrogen and oxygen atoms in total. The van der Waals surface area contributed by atoms with Gasteiger partial charge in [0.05, 0.1) is 23.7 Å². The summed E-state index contributed by atoms with van der Waals surface area (Å²) in [6.07, 6.45) is 5.89. The highest BCUT2D eigenvalue weighted by molar-refractivity contribution is 7.87. The van der Waals surface area contributed by atoms with Gasteiger partial charge in [-0.2, -0.15) is 22.7 Å². The molecule has 3 aromatic rings. The van der Waals surface area contributed by atoms with Crippen molar-refractivity contribution in [3.63, 3.8) is 0 Å². The first-order valence-electron chi connectivity index (χ1n) is 9.84. The molecule has 1 aliphatic heterocycles. The molecule has 0 unspecified atom stereocenters. The number of nitrogens with zero attached hydrogens (tertiary/aromatic N) is 6. The van der Waals surface area contributed by atoms with E-state index in [-0.39, 0.29) is 31.0 Å². The monoisotopic (exact) mass is 414 g/mol. The van der Waals surface area contributed by atoms with E-state index in [1.165, 1.54) is 4.31 Å². The van der Waals surface area contributed by atoms with Crippen LogP contribution in [0, 0.1) is 23.2 Å². The van der Waals surface area contributed by atoms with Crippen molar-refractivity contribution in [1.29, 1.82) is 5.26 Å². The quantitative estimate of drug-likeness (QED) is 0.644. The molecule has 3 atom stereocenters. The zero-order valence-corrected chi connectivity index (χ0v) is 16.8. The van der Waals surface area contributed by atoms with Crippen LogP contribution in [0.3, 0.4) is 0 Å². The molecule has 0 radical (unpaired) electrons. The number of hydrogen-bond donors (Lipinski definition) is 2. The predicted octanol–water partition coefficient (Wildman–Crippen LogP) is 1.17. The Morgan fingerprint density at radius 3 is 2.93 bits per heavy atom. The van der Waals surface area contributed by atoms with Crippen molar-refractivity contribution < 1.29 is 8.42 Å². The molecule has 3 aromatic heterocycles. The minimum absolute atomic E-state index is 0.103. The fourth-order valence-electron chi connectivity index (χ4n) is 4.63. The van der Waals surface area contributed by atoms with Gasteiger partial charge in [0, 0.05) is 31.2 Å². The molecule has 1 aliphatic carbocycles. The van der Waals surface area contributed by atoms with Gasteiger partial charge in [0.15, 0.2) is 11.3 Å². The summed E-state index contributed by atoms with van der Waals surface area (Å²) in [6.45, 7) is 2.66. The summed E-state index contributed by atoms with van der Waals surface area (Å²) in [4.78, 5) is 7.47. The number of hydrogen-bond acceptors (Lipinski definition) is 6. The highest BCUT2D eigenvalue weighted by atomic mass is 32.2. The topological polar surface area (TPSA) is 132 Å².